The minimum absolute atomic E-state index is 0.0331. The van der Waals surface area contributed by atoms with E-state index >= 15 is 0 Å². The molecule has 0 radical (unpaired) electrons. The van der Waals surface area contributed by atoms with E-state index in [-0.39, 0.29) is 11.2 Å². The summed E-state index contributed by atoms with van der Waals surface area (Å²) in [4.78, 5) is 0. The molecule has 2 nitrogen and oxygen atoms in total. The largest absolute Gasteiger partial charge is 0.508 e. The van der Waals surface area contributed by atoms with Crippen LogP contribution in [0.4, 0.5) is 0 Å². The Hall–Kier alpha value is -1.67. The van der Waals surface area contributed by atoms with E-state index in [4.69, 9.17) is 16.7 Å². The van der Waals surface area contributed by atoms with E-state index in [1.54, 1.807) is 30.3 Å². The second kappa shape index (κ2) is 6.48. The Morgan fingerprint density at radius 1 is 0.789 bits per heavy atom. The molecular weight excluding hydrogens is 260 g/mol. The van der Waals surface area contributed by atoms with Crippen molar-refractivity contribution in [1.82, 2.24) is 0 Å². The Morgan fingerprint density at radius 3 is 1.58 bits per heavy atom. The molecular formula is C16H19ClO2. The van der Waals surface area contributed by atoms with E-state index in [1.165, 1.54) is 0 Å². The van der Waals surface area contributed by atoms with E-state index < -0.39 is 0 Å². The first kappa shape index (κ1) is 15.4. The summed E-state index contributed by atoms with van der Waals surface area (Å²) in [7, 11) is 0. The summed E-state index contributed by atoms with van der Waals surface area (Å²) in [5, 5.41) is 18.6. The van der Waals surface area contributed by atoms with Gasteiger partial charge in [0, 0.05) is 0 Å². The third-order valence-corrected chi connectivity index (χ3v) is 2.88. The summed E-state index contributed by atoms with van der Waals surface area (Å²) >= 11 is 5.46. The van der Waals surface area contributed by atoms with Crippen molar-refractivity contribution in [2.45, 2.75) is 26.2 Å². The molecule has 0 amide bonds. The number of aromatic hydroxyl groups is 2. The Labute approximate surface area is 119 Å². The van der Waals surface area contributed by atoms with Crippen molar-refractivity contribution in [2.75, 3.05) is 0 Å². The van der Waals surface area contributed by atoms with Gasteiger partial charge in [-0.1, -0.05) is 62.7 Å². The van der Waals surface area contributed by atoms with Crippen molar-refractivity contribution in [3.63, 3.8) is 0 Å². The van der Waals surface area contributed by atoms with Gasteiger partial charge in [0.25, 0.3) is 0 Å². The molecule has 0 atom stereocenters. The van der Waals surface area contributed by atoms with E-state index in [2.05, 4.69) is 20.8 Å². The monoisotopic (exact) mass is 278 g/mol. The smallest absolute Gasteiger partial charge is 0.134 e. The average molecular weight is 279 g/mol. The van der Waals surface area contributed by atoms with Gasteiger partial charge in [0.1, 0.15) is 11.5 Å². The number of phenolic OH excluding ortho intramolecular Hbond substituents is 2. The fourth-order valence-corrected chi connectivity index (χ4v) is 1.70. The molecule has 3 heteroatoms. The van der Waals surface area contributed by atoms with Gasteiger partial charge in [-0.25, -0.2) is 0 Å². The highest BCUT2D eigenvalue weighted by molar-refractivity contribution is 6.31. The highest BCUT2D eigenvalue weighted by atomic mass is 35.5. The molecule has 102 valence electrons. The molecule has 2 aromatic carbocycles. The summed E-state index contributed by atoms with van der Waals surface area (Å²) in [5.41, 5.74) is 1.03. The van der Waals surface area contributed by atoms with Crippen LogP contribution in [0.3, 0.4) is 0 Å². The van der Waals surface area contributed by atoms with Gasteiger partial charge in [0.2, 0.25) is 0 Å². The van der Waals surface area contributed by atoms with Crippen molar-refractivity contribution < 1.29 is 10.2 Å². The molecule has 2 rings (SSSR count). The van der Waals surface area contributed by atoms with Gasteiger partial charge in [-0.05, 0) is 29.2 Å². The Bertz CT molecular complexity index is 509. The van der Waals surface area contributed by atoms with Crippen LogP contribution in [0.25, 0.3) is 0 Å². The maximum Gasteiger partial charge on any atom is 0.134 e. The van der Waals surface area contributed by atoms with Crippen molar-refractivity contribution in [2.24, 2.45) is 0 Å². The molecule has 0 heterocycles. The van der Waals surface area contributed by atoms with E-state index in [0.717, 1.165) is 5.56 Å². The molecule has 0 aliphatic heterocycles. The van der Waals surface area contributed by atoms with Crippen LogP contribution >= 0.6 is 11.6 Å². The van der Waals surface area contributed by atoms with Crippen LogP contribution in [-0.4, -0.2) is 10.2 Å². The Balaban J connectivity index is 0.000000200. The van der Waals surface area contributed by atoms with Crippen molar-refractivity contribution in [3.8, 4) is 11.5 Å². The first-order valence-corrected chi connectivity index (χ1v) is 6.42. The summed E-state index contributed by atoms with van der Waals surface area (Å²) in [6, 6.07) is 14.1. The standard InChI is InChI=1S/C10H14O.C6H5ClO/c1-10(2,3)8-6-4-5-7-9(8)11;7-5-3-1-2-4-6(5)8/h4-7,11H,1-3H3;1-4,8H. The first-order chi connectivity index (χ1) is 8.82. The fourth-order valence-electron chi connectivity index (χ4n) is 1.56. The predicted octanol–water partition coefficient (Wildman–Crippen LogP) is 4.74. The number of phenols is 2. The van der Waals surface area contributed by atoms with Crippen LogP contribution in [-0.2, 0) is 5.41 Å². The SMILES string of the molecule is CC(C)(C)c1ccccc1O.Oc1ccccc1Cl. The first-order valence-electron chi connectivity index (χ1n) is 6.04. The third-order valence-electron chi connectivity index (χ3n) is 2.56. The topological polar surface area (TPSA) is 40.5 Å². The fraction of sp³-hybridized carbons (Fsp3) is 0.250. The van der Waals surface area contributed by atoms with Crippen LogP contribution in [0.2, 0.25) is 5.02 Å². The van der Waals surface area contributed by atoms with Gasteiger partial charge in [0.15, 0.2) is 0 Å². The van der Waals surface area contributed by atoms with Gasteiger partial charge >= 0.3 is 0 Å². The third kappa shape index (κ3) is 4.84. The van der Waals surface area contributed by atoms with Crippen LogP contribution in [0.15, 0.2) is 48.5 Å². The molecule has 19 heavy (non-hydrogen) atoms. The number of hydrogen-bond acceptors (Lipinski definition) is 2. The van der Waals surface area contributed by atoms with Crippen molar-refractivity contribution in [3.05, 3.63) is 59.1 Å². The highest BCUT2D eigenvalue weighted by Gasteiger charge is 2.16. The molecule has 0 fully saturated rings. The second-order valence-electron chi connectivity index (χ2n) is 5.22. The molecule has 2 aromatic rings. The summed E-state index contributed by atoms with van der Waals surface area (Å²) in [6.45, 7) is 6.26. The Morgan fingerprint density at radius 2 is 1.26 bits per heavy atom. The molecule has 2 N–H and O–H groups in total. The number of rotatable bonds is 0. The van der Waals surface area contributed by atoms with Gasteiger partial charge in [-0.3, -0.25) is 0 Å². The normalized spacial score (nSPS) is 10.5. The van der Waals surface area contributed by atoms with E-state index in [1.807, 2.05) is 18.2 Å². The molecule has 0 unspecified atom stereocenters. The summed E-state index contributed by atoms with van der Waals surface area (Å²) < 4.78 is 0. The van der Waals surface area contributed by atoms with E-state index in [0.29, 0.717) is 10.8 Å². The predicted molar refractivity (Wildman–Crippen MR) is 79.9 cm³/mol. The highest BCUT2D eigenvalue weighted by Crippen LogP contribution is 2.29. The van der Waals surface area contributed by atoms with Crippen LogP contribution in [0.5, 0.6) is 11.5 Å². The molecule has 0 saturated carbocycles. The lowest BCUT2D eigenvalue weighted by Crippen LogP contribution is -2.10. The zero-order valence-corrected chi connectivity index (χ0v) is 12.1. The van der Waals surface area contributed by atoms with Crippen LogP contribution in [0, 0.1) is 0 Å². The van der Waals surface area contributed by atoms with Gasteiger partial charge in [0.05, 0.1) is 5.02 Å². The maximum absolute atomic E-state index is 9.45. The summed E-state index contributed by atoms with van der Waals surface area (Å²) in [6.07, 6.45) is 0. The van der Waals surface area contributed by atoms with Crippen molar-refractivity contribution in [1.29, 1.82) is 0 Å². The van der Waals surface area contributed by atoms with Crippen LogP contribution in [0.1, 0.15) is 26.3 Å². The number of hydrogen-bond donors (Lipinski definition) is 2. The molecule has 0 aliphatic carbocycles. The lowest BCUT2D eigenvalue weighted by atomic mass is 9.86. The minimum atomic E-state index is 0.0331. The average Bonchev–Trinajstić information content (AvgIpc) is 2.33. The zero-order valence-electron chi connectivity index (χ0n) is 11.4. The maximum atomic E-state index is 9.45. The minimum Gasteiger partial charge on any atom is -0.508 e. The second-order valence-corrected chi connectivity index (χ2v) is 5.63. The molecule has 0 aromatic heterocycles. The van der Waals surface area contributed by atoms with E-state index in [9.17, 15) is 5.11 Å². The quantitative estimate of drug-likeness (QED) is 0.731. The van der Waals surface area contributed by atoms with Gasteiger partial charge in [-0.15, -0.1) is 0 Å². The Kier molecular flexibility index (Phi) is 5.25. The molecule has 0 saturated heterocycles. The molecule has 0 aliphatic rings. The van der Waals surface area contributed by atoms with Crippen molar-refractivity contribution >= 4 is 11.6 Å². The molecule has 0 bridgehead atoms. The lowest BCUT2D eigenvalue weighted by molar-refractivity contribution is 0.447. The molecule has 0 spiro atoms. The van der Waals surface area contributed by atoms with Crippen LogP contribution < -0.4 is 0 Å². The zero-order chi connectivity index (χ0) is 14.5. The number of para-hydroxylation sites is 2. The number of halogens is 1. The van der Waals surface area contributed by atoms with Gasteiger partial charge < -0.3 is 10.2 Å². The lowest BCUT2D eigenvalue weighted by Gasteiger charge is -2.19. The summed E-state index contributed by atoms with van der Waals surface area (Å²) in [5.74, 6) is 0.522. The number of benzene rings is 2. The van der Waals surface area contributed by atoms with Gasteiger partial charge in [-0.2, -0.15) is 0 Å².